The monoisotopic (exact) mass is 416 g/mol. The third-order valence-corrected chi connectivity index (χ3v) is 6.72. The van der Waals surface area contributed by atoms with Gasteiger partial charge in [0.2, 0.25) is 0 Å². The highest BCUT2D eigenvalue weighted by atomic mass is 35.5. The molecule has 0 bridgehead atoms. The summed E-state index contributed by atoms with van der Waals surface area (Å²) in [6.07, 6.45) is 1.76. The highest BCUT2D eigenvalue weighted by Gasteiger charge is 2.20. The van der Waals surface area contributed by atoms with E-state index in [2.05, 4.69) is 4.72 Å². The molecule has 6 nitrogen and oxygen atoms in total. The van der Waals surface area contributed by atoms with Crippen molar-refractivity contribution in [2.75, 3.05) is 22.7 Å². The van der Waals surface area contributed by atoms with Gasteiger partial charge in [-0.25, -0.2) is 13.2 Å². The molecular weight excluding hydrogens is 396 g/mol. The number of aromatic carboxylic acids is 1. The zero-order chi connectivity index (χ0) is 19.3. The number of sulfonamides is 1. The van der Waals surface area contributed by atoms with Crippen LogP contribution in [0.3, 0.4) is 0 Å². The highest BCUT2D eigenvalue weighted by molar-refractivity contribution is 7.94. The lowest BCUT2D eigenvalue weighted by Gasteiger charge is -2.25. The molecule has 0 spiro atoms. The number of thiophene rings is 1. The molecular formula is C17H21ClN2O4S2. The predicted molar refractivity (Wildman–Crippen MR) is 106 cm³/mol. The standard InChI is InChI=1S/C17H21ClN2O4S2/c1-3-9-20(10-4-2)14-6-5-12(11-13(14)17(21)22)19-26(23,24)16-8-7-15(18)25-16/h5-8,11,19H,3-4,9-10H2,1-2H3,(H,21,22). The normalized spacial score (nSPS) is 11.3. The number of anilines is 2. The second-order valence-corrected chi connectivity index (χ2v) is 9.31. The Balaban J connectivity index is 2.37. The lowest BCUT2D eigenvalue weighted by atomic mass is 10.1. The summed E-state index contributed by atoms with van der Waals surface area (Å²) < 4.78 is 27.7. The van der Waals surface area contributed by atoms with Gasteiger partial charge in [0.25, 0.3) is 10.0 Å². The van der Waals surface area contributed by atoms with Crippen LogP contribution >= 0.6 is 22.9 Å². The minimum atomic E-state index is -3.81. The minimum absolute atomic E-state index is 0.0660. The van der Waals surface area contributed by atoms with Crippen LogP contribution in [-0.4, -0.2) is 32.6 Å². The van der Waals surface area contributed by atoms with Crippen molar-refractivity contribution in [3.8, 4) is 0 Å². The highest BCUT2D eigenvalue weighted by Crippen LogP contribution is 2.29. The van der Waals surface area contributed by atoms with E-state index in [0.29, 0.717) is 10.0 Å². The average molecular weight is 417 g/mol. The SMILES string of the molecule is CCCN(CCC)c1ccc(NS(=O)(=O)c2ccc(Cl)s2)cc1C(=O)O. The van der Waals surface area contributed by atoms with Crippen LogP contribution < -0.4 is 9.62 Å². The summed E-state index contributed by atoms with van der Waals surface area (Å²) in [7, 11) is -3.81. The van der Waals surface area contributed by atoms with Gasteiger partial charge in [0.05, 0.1) is 15.6 Å². The number of carboxylic acid groups (broad SMARTS) is 1. The molecule has 0 fully saturated rings. The van der Waals surface area contributed by atoms with E-state index in [1.165, 1.54) is 18.2 Å². The van der Waals surface area contributed by atoms with Crippen molar-refractivity contribution in [3.63, 3.8) is 0 Å². The molecule has 2 N–H and O–H groups in total. The van der Waals surface area contributed by atoms with Gasteiger partial charge in [0.15, 0.2) is 0 Å². The average Bonchev–Trinajstić information content (AvgIpc) is 3.02. The Morgan fingerprint density at radius 3 is 2.35 bits per heavy atom. The Hall–Kier alpha value is -1.77. The summed E-state index contributed by atoms with van der Waals surface area (Å²) >= 11 is 6.73. The summed E-state index contributed by atoms with van der Waals surface area (Å²) in [5.41, 5.74) is 0.850. The van der Waals surface area contributed by atoms with Gasteiger partial charge in [0.1, 0.15) is 4.21 Å². The molecule has 2 rings (SSSR count). The molecule has 0 aliphatic carbocycles. The molecule has 0 radical (unpaired) electrons. The fourth-order valence-corrected chi connectivity index (χ4v) is 5.12. The van der Waals surface area contributed by atoms with Gasteiger partial charge in [-0.3, -0.25) is 4.72 Å². The first-order chi connectivity index (χ1) is 12.3. The third-order valence-electron chi connectivity index (χ3n) is 3.62. The smallest absolute Gasteiger partial charge is 0.337 e. The van der Waals surface area contributed by atoms with Crippen LogP contribution in [0.4, 0.5) is 11.4 Å². The maximum atomic E-state index is 12.4. The number of carboxylic acids is 1. The number of hydrogen-bond acceptors (Lipinski definition) is 5. The van der Waals surface area contributed by atoms with Crippen molar-refractivity contribution in [1.29, 1.82) is 0 Å². The second kappa shape index (κ2) is 8.75. The summed E-state index contributed by atoms with van der Waals surface area (Å²) in [6, 6.07) is 7.48. The number of nitrogens with one attached hydrogen (secondary N) is 1. The Bertz CT molecular complexity index is 875. The molecule has 0 unspecified atom stereocenters. The molecule has 1 aromatic heterocycles. The quantitative estimate of drug-likeness (QED) is 0.627. The Labute approximate surface area is 162 Å². The molecule has 1 aromatic carbocycles. The number of hydrogen-bond donors (Lipinski definition) is 2. The van der Waals surface area contributed by atoms with Gasteiger partial charge in [-0.05, 0) is 43.2 Å². The molecule has 0 saturated heterocycles. The topological polar surface area (TPSA) is 86.7 Å². The molecule has 0 aliphatic heterocycles. The summed E-state index contributed by atoms with van der Waals surface area (Å²) in [5, 5.41) is 9.57. The van der Waals surface area contributed by atoms with Crippen molar-refractivity contribution in [3.05, 3.63) is 40.2 Å². The van der Waals surface area contributed by atoms with E-state index < -0.39 is 16.0 Å². The number of rotatable bonds is 9. The van der Waals surface area contributed by atoms with E-state index >= 15 is 0 Å². The zero-order valence-corrected chi connectivity index (χ0v) is 16.9. The van der Waals surface area contributed by atoms with E-state index in [0.717, 1.165) is 37.3 Å². The summed E-state index contributed by atoms with van der Waals surface area (Å²) in [4.78, 5) is 13.7. The first-order valence-electron chi connectivity index (χ1n) is 8.19. The van der Waals surface area contributed by atoms with Gasteiger partial charge < -0.3 is 10.0 Å². The largest absolute Gasteiger partial charge is 0.478 e. The summed E-state index contributed by atoms with van der Waals surface area (Å²) in [6.45, 7) is 5.51. The first kappa shape index (κ1) is 20.5. The molecule has 26 heavy (non-hydrogen) atoms. The van der Waals surface area contributed by atoms with Crippen LogP contribution in [0.5, 0.6) is 0 Å². The molecule has 1 heterocycles. The molecule has 0 aliphatic rings. The molecule has 2 aromatic rings. The predicted octanol–water partition coefficient (Wildman–Crippen LogP) is 4.53. The lowest BCUT2D eigenvalue weighted by molar-refractivity contribution is 0.0697. The zero-order valence-electron chi connectivity index (χ0n) is 14.5. The Kier molecular flexibility index (Phi) is 6.91. The first-order valence-corrected chi connectivity index (χ1v) is 10.9. The van der Waals surface area contributed by atoms with Crippen molar-refractivity contribution in [1.82, 2.24) is 0 Å². The maximum absolute atomic E-state index is 12.4. The van der Waals surface area contributed by atoms with E-state index in [-0.39, 0.29) is 15.5 Å². The molecule has 142 valence electrons. The van der Waals surface area contributed by atoms with Gasteiger partial charge in [-0.15, -0.1) is 11.3 Å². The van der Waals surface area contributed by atoms with E-state index in [1.54, 1.807) is 12.1 Å². The number of benzene rings is 1. The van der Waals surface area contributed by atoms with Gasteiger partial charge in [-0.1, -0.05) is 25.4 Å². The van der Waals surface area contributed by atoms with Crippen LogP contribution in [0.1, 0.15) is 37.0 Å². The summed E-state index contributed by atoms with van der Waals surface area (Å²) in [5.74, 6) is -1.10. The van der Waals surface area contributed by atoms with Crippen molar-refractivity contribution in [2.24, 2.45) is 0 Å². The van der Waals surface area contributed by atoms with Crippen LogP contribution in [-0.2, 0) is 10.0 Å². The Morgan fingerprint density at radius 1 is 1.19 bits per heavy atom. The maximum Gasteiger partial charge on any atom is 0.337 e. The fraction of sp³-hybridized carbons (Fsp3) is 0.353. The van der Waals surface area contributed by atoms with Gasteiger partial charge in [-0.2, -0.15) is 0 Å². The molecule has 0 atom stereocenters. The van der Waals surface area contributed by atoms with E-state index in [9.17, 15) is 18.3 Å². The fourth-order valence-electron chi connectivity index (χ4n) is 2.59. The number of nitrogens with zero attached hydrogens (tertiary/aromatic N) is 1. The third kappa shape index (κ3) is 4.90. The number of carbonyl (C=O) groups is 1. The van der Waals surface area contributed by atoms with E-state index in [1.807, 2.05) is 18.7 Å². The second-order valence-electron chi connectivity index (χ2n) is 5.69. The van der Waals surface area contributed by atoms with Crippen LogP contribution in [0, 0.1) is 0 Å². The van der Waals surface area contributed by atoms with E-state index in [4.69, 9.17) is 11.6 Å². The van der Waals surface area contributed by atoms with Crippen LogP contribution in [0.15, 0.2) is 34.5 Å². The van der Waals surface area contributed by atoms with Crippen LogP contribution in [0.25, 0.3) is 0 Å². The Morgan fingerprint density at radius 2 is 1.85 bits per heavy atom. The van der Waals surface area contributed by atoms with Crippen molar-refractivity contribution >= 4 is 50.3 Å². The number of halogens is 1. The molecule has 9 heteroatoms. The minimum Gasteiger partial charge on any atom is -0.478 e. The van der Waals surface area contributed by atoms with Crippen molar-refractivity contribution in [2.45, 2.75) is 30.9 Å². The van der Waals surface area contributed by atoms with Gasteiger partial charge in [0, 0.05) is 18.8 Å². The van der Waals surface area contributed by atoms with Crippen molar-refractivity contribution < 1.29 is 18.3 Å². The van der Waals surface area contributed by atoms with Crippen LogP contribution in [0.2, 0.25) is 4.34 Å². The lowest BCUT2D eigenvalue weighted by Crippen LogP contribution is -2.27. The molecule has 0 saturated carbocycles. The molecule has 0 amide bonds. The van der Waals surface area contributed by atoms with Gasteiger partial charge >= 0.3 is 5.97 Å².